The molecule has 2 aliphatic heterocycles. The Labute approximate surface area is 138 Å². The first-order valence-electron chi connectivity index (χ1n) is 7.64. The van der Waals surface area contributed by atoms with Crippen molar-refractivity contribution in [3.8, 4) is 0 Å². The maximum Gasteiger partial charge on any atom is 0.417 e. The maximum atomic E-state index is 13.5. The first-order valence-corrected chi connectivity index (χ1v) is 7.64. The van der Waals surface area contributed by atoms with Crippen LogP contribution in [0.3, 0.4) is 0 Å². The lowest BCUT2D eigenvalue weighted by molar-refractivity contribution is -0.138. The molecule has 0 unspecified atom stereocenters. The molecule has 0 spiro atoms. The van der Waals surface area contributed by atoms with Gasteiger partial charge in [0, 0.05) is 19.6 Å². The van der Waals surface area contributed by atoms with E-state index in [1.807, 2.05) is 13.0 Å². The van der Waals surface area contributed by atoms with Crippen molar-refractivity contribution in [1.82, 2.24) is 10.2 Å². The molecule has 1 amide bonds. The van der Waals surface area contributed by atoms with Crippen molar-refractivity contribution in [2.75, 3.05) is 19.6 Å². The lowest BCUT2D eigenvalue weighted by Gasteiger charge is -2.30. The molecule has 1 aromatic carbocycles. The summed E-state index contributed by atoms with van der Waals surface area (Å²) >= 11 is 0. The van der Waals surface area contributed by atoms with Crippen LogP contribution in [0.5, 0.6) is 0 Å². The minimum absolute atomic E-state index is 0. The van der Waals surface area contributed by atoms with E-state index in [1.165, 1.54) is 6.07 Å². The first-order chi connectivity index (χ1) is 10.4. The number of halogens is 4. The molecule has 1 aromatic rings. The molecule has 1 saturated carbocycles. The van der Waals surface area contributed by atoms with Gasteiger partial charge in [-0.25, -0.2) is 0 Å². The van der Waals surface area contributed by atoms with E-state index in [0.29, 0.717) is 31.1 Å². The fourth-order valence-corrected chi connectivity index (χ4v) is 3.78. The maximum absolute atomic E-state index is 13.5. The Bertz CT molecular complexity index is 661. The standard InChI is InChI=1S/C16H17F3N2O.ClH/c1-8-4-10(8)9-5-11-13-7-20-2-3-21(13)15(22)14(11)12(6-9)16(17,18)19;/h5-6,8,10,13,20H,2-4,7H2,1H3;1H/t8-,10+,13-;/m0./s1. The molecule has 1 aliphatic carbocycles. The van der Waals surface area contributed by atoms with Crippen molar-refractivity contribution in [3.05, 3.63) is 34.4 Å². The molecule has 4 rings (SSSR count). The van der Waals surface area contributed by atoms with Crippen molar-refractivity contribution >= 4 is 18.3 Å². The minimum atomic E-state index is -4.49. The Balaban J connectivity index is 0.00000156. The zero-order chi connectivity index (χ0) is 15.6. The van der Waals surface area contributed by atoms with Gasteiger partial charge in [0.1, 0.15) is 0 Å². The lowest BCUT2D eigenvalue weighted by Crippen LogP contribution is -2.44. The van der Waals surface area contributed by atoms with Gasteiger partial charge in [-0.2, -0.15) is 13.2 Å². The summed E-state index contributed by atoms with van der Waals surface area (Å²) in [7, 11) is 0. The van der Waals surface area contributed by atoms with Crippen LogP contribution in [0.25, 0.3) is 0 Å². The number of nitrogens with one attached hydrogen (secondary N) is 1. The van der Waals surface area contributed by atoms with Gasteiger partial charge < -0.3 is 10.2 Å². The normalized spacial score (nSPS) is 29.0. The molecule has 0 radical (unpaired) electrons. The number of carbonyl (C=O) groups excluding carboxylic acids is 1. The second-order valence-corrected chi connectivity index (χ2v) is 6.57. The Hall–Kier alpha value is -1.27. The van der Waals surface area contributed by atoms with Crippen LogP contribution < -0.4 is 5.32 Å². The van der Waals surface area contributed by atoms with Gasteiger partial charge in [0.15, 0.2) is 0 Å². The van der Waals surface area contributed by atoms with Crippen LogP contribution in [0.15, 0.2) is 12.1 Å². The van der Waals surface area contributed by atoms with Crippen molar-refractivity contribution in [3.63, 3.8) is 0 Å². The largest absolute Gasteiger partial charge is 0.417 e. The molecule has 0 aromatic heterocycles. The van der Waals surface area contributed by atoms with E-state index in [1.54, 1.807) is 4.90 Å². The quantitative estimate of drug-likeness (QED) is 0.845. The van der Waals surface area contributed by atoms with Crippen LogP contribution in [0.4, 0.5) is 13.2 Å². The Morgan fingerprint density at radius 2 is 2.00 bits per heavy atom. The predicted octanol–water partition coefficient (Wildman–Crippen LogP) is 3.35. The molecule has 3 aliphatic rings. The summed E-state index contributed by atoms with van der Waals surface area (Å²) in [4.78, 5) is 14.0. The van der Waals surface area contributed by atoms with Gasteiger partial charge in [-0.1, -0.05) is 13.0 Å². The molecule has 2 fully saturated rings. The molecule has 0 bridgehead atoms. The third-order valence-corrected chi connectivity index (χ3v) is 5.11. The summed E-state index contributed by atoms with van der Waals surface area (Å²) < 4.78 is 40.4. The van der Waals surface area contributed by atoms with Crippen LogP contribution >= 0.6 is 12.4 Å². The SMILES string of the molecule is C[C@H]1C[C@H]1c1cc2c(c(C(F)(F)F)c1)C(=O)N1CCNC[C@@H]21.Cl. The molecule has 126 valence electrons. The van der Waals surface area contributed by atoms with E-state index in [9.17, 15) is 18.0 Å². The van der Waals surface area contributed by atoms with Crippen LogP contribution in [0.1, 0.15) is 52.4 Å². The number of fused-ring (bicyclic) bond motifs is 3. The fourth-order valence-electron chi connectivity index (χ4n) is 3.78. The monoisotopic (exact) mass is 346 g/mol. The topological polar surface area (TPSA) is 32.3 Å². The van der Waals surface area contributed by atoms with E-state index in [0.717, 1.165) is 12.0 Å². The van der Waals surface area contributed by atoms with E-state index in [2.05, 4.69) is 5.32 Å². The van der Waals surface area contributed by atoms with Crippen molar-refractivity contribution < 1.29 is 18.0 Å². The third-order valence-electron chi connectivity index (χ3n) is 5.11. The molecule has 1 N–H and O–H groups in total. The van der Waals surface area contributed by atoms with Gasteiger partial charge in [-0.15, -0.1) is 12.4 Å². The van der Waals surface area contributed by atoms with Gasteiger partial charge in [-0.05, 0) is 35.4 Å². The summed E-state index contributed by atoms with van der Waals surface area (Å²) in [5.41, 5.74) is 0.414. The van der Waals surface area contributed by atoms with E-state index < -0.39 is 17.6 Å². The van der Waals surface area contributed by atoms with E-state index in [-0.39, 0.29) is 29.9 Å². The molecule has 3 atom stereocenters. The summed E-state index contributed by atoms with van der Waals surface area (Å²) in [5.74, 6) is 0.160. The average Bonchev–Trinajstić information content (AvgIpc) is 3.14. The van der Waals surface area contributed by atoms with Crippen LogP contribution in [0.2, 0.25) is 0 Å². The van der Waals surface area contributed by atoms with Gasteiger partial charge in [0.2, 0.25) is 0 Å². The highest BCUT2D eigenvalue weighted by atomic mass is 35.5. The second-order valence-electron chi connectivity index (χ2n) is 6.57. The highest BCUT2D eigenvalue weighted by Gasteiger charge is 2.47. The number of rotatable bonds is 1. The zero-order valence-corrected chi connectivity index (χ0v) is 13.4. The lowest BCUT2D eigenvalue weighted by atomic mass is 9.93. The predicted molar refractivity (Wildman–Crippen MR) is 81.9 cm³/mol. The number of alkyl halides is 3. The smallest absolute Gasteiger partial charge is 0.329 e. The molecule has 7 heteroatoms. The minimum Gasteiger partial charge on any atom is -0.329 e. The van der Waals surface area contributed by atoms with Crippen LogP contribution in [-0.4, -0.2) is 30.4 Å². The van der Waals surface area contributed by atoms with Crippen molar-refractivity contribution in [2.24, 2.45) is 5.92 Å². The molecule has 2 heterocycles. The summed E-state index contributed by atoms with van der Waals surface area (Å²) in [6, 6.07) is 2.79. The van der Waals surface area contributed by atoms with E-state index >= 15 is 0 Å². The highest BCUT2D eigenvalue weighted by molar-refractivity contribution is 6.01. The summed E-state index contributed by atoms with van der Waals surface area (Å²) in [5, 5.41) is 3.17. The molecule has 23 heavy (non-hydrogen) atoms. The van der Waals surface area contributed by atoms with Crippen LogP contribution in [-0.2, 0) is 6.18 Å². The fraction of sp³-hybridized carbons (Fsp3) is 0.562. The third kappa shape index (κ3) is 2.52. The second kappa shape index (κ2) is 5.38. The van der Waals surface area contributed by atoms with Crippen LogP contribution in [0, 0.1) is 5.92 Å². The summed E-state index contributed by atoms with van der Waals surface area (Å²) in [6.45, 7) is 3.67. The van der Waals surface area contributed by atoms with Gasteiger partial charge in [0.25, 0.3) is 5.91 Å². The van der Waals surface area contributed by atoms with Crippen molar-refractivity contribution in [1.29, 1.82) is 0 Å². The number of hydrogen-bond acceptors (Lipinski definition) is 2. The molecule has 1 saturated heterocycles. The van der Waals surface area contributed by atoms with Gasteiger partial charge >= 0.3 is 6.18 Å². The Kier molecular flexibility index (Phi) is 3.88. The average molecular weight is 347 g/mol. The highest BCUT2D eigenvalue weighted by Crippen LogP contribution is 2.51. The Morgan fingerprint density at radius 3 is 2.61 bits per heavy atom. The number of piperazine rings is 1. The van der Waals surface area contributed by atoms with Crippen molar-refractivity contribution in [2.45, 2.75) is 31.5 Å². The molecular weight excluding hydrogens is 329 g/mol. The zero-order valence-electron chi connectivity index (χ0n) is 12.6. The van der Waals surface area contributed by atoms with Gasteiger partial charge in [0.05, 0.1) is 17.2 Å². The molecular formula is C16H18ClF3N2O. The Morgan fingerprint density at radius 1 is 1.30 bits per heavy atom. The van der Waals surface area contributed by atoms with Gasteiger partial charge in [-0.3, -0.25) is 4.79 Å². The first kappa shape index (κ1) is 16.6. The number of carbonyl (C=O) groups is 1. The van der Waals surface area contributed by atoms with E-state index in [4.69, 9.17) is 0 Å². The summed E-state index contributed by atoms with van der Waals surface area (Å²) in [6.07, 6.45) is -3.56. The number of nitrogens with zero attached hydrogens (tertiary/aromatic N) is 1. The number of hydrogen-bond donors (Lipinski definition) is 1. The molecule has 3 nitrogen and oxygen atoms in total. The number of benzene rings is 1. The number of amides is 1.